The van der Waals surface area contributed by atoms with Gasteiger partial charge in [0, 0.05) is 18.2 Å². The summed E-state index contributed by atoms with van der Waals surface area (Å²) in [7, 11) is 0. The maximum atomic E-state index is 9.36. The van der Waals surface area contributed by atoms with Gasteiger partial charge in [0.05, 0.1) is 0 Å². The highest BCUT2D eigenvalue weighted by atomic mass is 16.7. The number of nitrogens with two attached hydrogens (primary N) is 1. The van der Waals surface area contributed by atoms with Crippen molar-refractivity contribution in [3.05, 3.63) is 17.7 Å². The summed E-state index contributed by atoms with van der Waals surface area (Å²) in [6, 6.07) is 3.21. The molecular weight excluding hydrogens is 158 g/mol. The third-order valence-electron chi connectivity index (χ3n) is 1.79. The molecule has 0 amide bonds. The molecule has 1 aromatic carbocycles. The highest BCUT2D eigenvalue weighted by Gasteiger charge is 2.15. The van der Waals surface area contributed by atoms with Gasteiger partial charge in [-0.15, -0.1) is 0 Å². The van der Waals surface area contributed by atoms with Gasteiger partial charge in [0.1, 0.15) is 5.75 Å². The molecule has 64 valence electrons. The first-order chi connectivity index (χ1) is 5.81. The second-order valence-corrected chi connectivity index (χ2v) is 2.54. The second kappa shape index (κ2) is 2.57. The molecule has 3 N–H and O–H groups in total. The van der Waals surface area contributed by atoms with E-state index in [4.69, 9.17) is 15.2 Å². The molecule has 0 atom stereocenters. The Morgan fingerprint density at radius 3 is 2.67 bits per heavy atom. The lowest BCUT2D eigenvalue weighted by Gasteiger charge is -2.02. The van der Waals surface area contributed by atoms with E-state index in [0.29, 0.717) is 23.6 Å². The summed E-state index contributed by atoms with van der Waals surface area (Å²) in [6.45, 7) is 0.505. The van der Waals surface area contributed by atoms with E-state index in [2.05, 4.69) is 0 Å². The van der Waals surface area contributed by atoms with Crippen molar-refractivity contribution in [2.45, 2.75) is 6.54 Å². The Morgan fingerprint density at radius 1 is 1.33 bits per heavy atom. The van der Waals surface area contributed by atoms with E-state index in [1.54, 1.807) is 6.07 Å². The van der Waals surface area contributed by atoms with Crippen molar-refractivity contribution in [1.29, 1.82) is 0 Å². The molecule has 1 aromatic rings. The Kier molecular flexibility index (Phi) is 1.55. The van der Waals surface area contributed by atoms with Crippen LogP contribution in [0.1, 0.15) is 5.56 Å². The lowest BCUT2D eigenvalue weighted by molar-refractivity contribution is 0.174. The lowest BCUT2D eigenvalue weighted by atomic mass is 10.2. The van der Waals surface area contributed by atoms with Crippen LogP contribution in [-0.4, -0.2) is 11.9 Å². The van der Waals surface area contributed by atoms with Crippen molar-refractivity contribution in [2.75, 3.05) is 6.79 Å². The Balaban J connectivity index is 2.49. The van der Waals surface area contributed by atoms with Crippen LogP contribution in [-0.2, 0) is 6.54 Å². The molecule has 1 heterocycles. The van der Waals surface area contributed by atoms with E-state index in [9.17, 15) is 5.11 Å². The minimum atomic E-state index is 0.154. The molecular formula is C8H9NO3. The summed E-state index contributed by atoms with van der Waals surface area (Å²) in [4.78, 5) is 0. The molecule has 12 heavy (non-hydrogen) atoms. The molecule has 0 radical (unpaired) electrons. The van der Waals surface area contributed by atoms with Gasteiger partial charge in [0.15, 0.2) is 11.5 Å². The van der Waals surface area contributed by atoms with Crippen LogP contribution in [0.25, 0.3) is 0 Å². The smallest absolute Gasteiger partial charge is 0.231 e. The van der Waals surface area contributed by atoms with Crippen LogP contribution in [0.2, 0.25) is 0 Å². The van der Waals surface area contributed by atoms with Crippen LogP contribution >= 0.6 is 0 Å². The number of benzene rings is 1. The molecule has 0 aromatic heterocycles. The maximum Gasteiger partial charge on any atom is 0.231 e. The van der Waals surface area contributed by atoms with Gasteiger partial charge in [0.25, 0.3) is 0 Å². The van der Waals surface area contributed by atoms with Gasteiger partial charge in [0.2, 0.25) is 6.79 Å². The van der Waals surface area contributed by atoms with Crippen LogP contribution in [0.15, 0.2) is 12.1 Å². The number of phenolic OH excluding ortho intramolecular Hbond substituents is 1. The van der Waals surface area contributed by atoms with E-state index < -0.39 is 0 Å². The number of ether oxygens (including phenoxy) is 2. The molecule has 1 aliphatic rings. The summed E-state index contributed by atoms with van der Waals surface area (Å²) in [6.07, 6.45) is 0. The number of hydrogen-bond donors (Lipinski definition) is 2. The molecule has 4 heteroatoms. The summed E-state index contributed by atoms with van der Waals surface area (Å²) in [5, 5.41) is 9.36. The average molecular weight is 167 g/mol. The SMILES string of the molecule is NCc1cc2c(cc1O)OCO2. The molecule has 0 unspecified atom stereocenters. The molecule has 4 nitrogen and oxygen atoms in total. The first-order valence-corrected chi connectivity index (χ1v) is 3.63. The number of phenols is 1. The van der Waals surface area contributed by atoms with Gasteiger partial charge in [-0.1, -0.05) is 0 Å². The lowest BCUT2D eigenvalue weighted by Crippen LogP contribution is -1.96. The highest BCUT2D eigenvalue weighted by Crippen LogP contribution is 2.37. The monoisotopic (exact) mass is 167 g/mol. The number of fused-ring (bicyclic) bond motifs is 1. The summed E-state index contributed by atoms with van der Waals surface area (Å²) in [5.74, 6) is 1.37. The average Bonchev–Trinajstić information content (AvgIpc) is 2.49. The third kappa shape index (κ3) is 0.967. The van der Waals surface area contributed by atoms with Crippen LogP contribution in [0.3, 0.4) is 0 Å². The molecule has 0 spiro atoms. The van der Waals surface area contributed by atoms with Crippen molar-refractivity contribution in [2.24, 2.45) is 5.73 Å². The molecule has 0 fully saturated rings. The quantitative estimate of drug-likeness (QED) is 0.642. The second-order valence-electron chi connectivity index (χ2n) is 2.54. The third-order valence-corrected chi connectivity index (χ3v) is 1.79. The Morgan fingerprint density at radius 2 is 2.00 bits per heavy atom. The minimum absolute atomic E-state index is 0.154. The van der Waals surface area contributed by atoms with Crippen LogP contribution < -0.4 is 15.2 Å². The molecule has 0 saturated heterocycles. The van der Waals surface area contributed by atoms with Gasteiger partial charge in [-0.2, -0.15) is 0 Å². The standard InChI is InChI=1S/C8H9NO3/c9-3-5-1-7-8(2-6(5)10)12-4-11-7/h1-2,10H,3-4,9H2. The van der Waals surface area contributed by atoms with E-state index in [0.717, 1.165) is 0 Å². The van der Waals surface area contributed by atoms with Gasteiger partial charge in [-0.25, -0.2) is 0 Å². The normalized spacial score (nSPS) is 13.4. The Bertz CT molecular complexity index is 311. The Labute approximate surface area is 69.5 Å². The zero-order valence-electron chi connectivity index (χ0n) is 6.41. The summed E-state index contributed by atoms with van der Waals surface area (Å²) >= 11 is 0. The minimum Gasteiger partial charge on any atom is -0.507 e. The fourth-order valence-electron chi connectivity index (χ4n) is 1.14. The van der Waals surface area contributed by atoms with Crippen molar-refractivity contribution < 1.29 is 14.6 Å². The zero-order chi connectivity index (χ0) is 8.55. The summed E-state index contributed by atoms with van der Waals surface area (Å²) < 4.78 is 10.2. The van der Waals surface area contributed by atoms with Gasteiger partial charge < -0.3 is 20.3 Å². The van der Waals surface area contributed by atoms with Gasteiger partial charge in [-0.3, -0.25) is 0 Å². The first kappa shape index (κ1) is 7.24. The van der Waals surface area contributed by atoms with Gasteiger partial charge in [-0.05, 0) is 6.07 Å². The van der Waals surface area contributed by atoms with Crippen molar-refractivity contribution in [3.63, 3.8) is 0 Å². The van der Waals surface area contributed by atoms with Crippen LogP contribution in [0.5, 0.6) is 17.2 Å². The van der Waals surface area contributed by atoms with E-state index in [1.165, 1.54) is 6.07 Å². The Hall–Kier alpha value is -1.42. The number of rotatable bonds is 1. The molecule has 1 aliphatic heterocycles. The first-order valence-electron chi connectivity index (χ1n) is 3.63. The fourth-order valence-corrected chi connectivity index (χ4v) is 1.14. The number of hydrogen-bond acceptors (Lipinski definition) is 4. The fraction of sp³-hybridized carbons (Fsp3) is 0.250. The molecule has 2 rings (SSSR count). The van der Waals surface area contributed by atoms with Gasteiger partial charge >= 0.3 is 0 Å². The van der Waals surface area contributed by atoms with E-state index in [-0.39, 0.29) is 12.5 Å². The largest absolute Gasteiger partial charge is 0.507 e. The predicted molar refractivity (Wildman–Crippen MR) is 42.1 cm³/mol. The van der Waals surface area contributed by atoms with E-state index in [1.807, 2.05) is 0 Å². The highest BCUT2D eigenvalue weighted by molar-refractivity contribution is 5.51. The number of aromatic hydroxyl groups is 1. The van der Waals surface area contributed by atoms with Crippen LogP contribution in [0, 0.1) is 0 Å². The van der Waals surface area contributed by atoms with E-state index >= 15 is 0 Å². The molecule has 0 bridgehead atoms. The summed E-state index contributed by atoms with van der Waals surface area (Å²) in [5.41, 5.74) is 6.05. The van der Waals surface area contributed by atoms with Crippen molar-refractivity contribution in [3.8, 4) is 17.2 Å². The van der Waals surface area contributed by atoms with Crippen LogP contribution in [0.4, 0.5) is 0 Å². The van der Waals surface area contributed by atoms with Crippen molar-refractivity contribution >= 4 is 0 Å². The molecule has 0 aliphatic carbocycles. The van der Waals surface area contributed by atoms with Crippen molar-refractivity contribution in [1.82, 2.24) is 0 Å². The zero-order valence-corrected chi connectivity index (χ0v) is 6.41. The maximum absolute atomic E-state index is 9.36. The molecule has 0 saturated carbocycles. The predicted octanol–water partition coefficient (Wildman–Crippen LogP) is 0.580. The topological polar surface area (TPSA) is 64.7 Å².